The summed E-state index contributed by atoms with van der Waals surface area (Å²) in [5, 5.41) is 12.3. The van der Waals surface area contributed by atoms with E-state index >= 15 is 0 Å². The fraction of sp³-hybridized carbons (Fsp3) is 0.667. The van der Waals surface area contributed by atoms with Crippen LogP contribution in [0.1, 0.15) is 31.5 Å². The van der Waals surface area contributed by atoms with E-state index in [2.05, 4.69) is 10.1 Å². The summed E-state index contributed by atoms with van der Waals surface area (Å²) in [4.78, 5) is 14.4. The van der Waals surface area contributed by atoms with Crippen molar-refractivity contribution in [3.05, 3.63) is 11.7 Å². The highest BCUT2D eigenvalue weighted by molar-refractivity contribution is 5.68. The van der Waals surface area contributed by atoms with Crippen LogP contribution in [0.5, 0.6) is 0 Å². The van der Waals surface area contributed by atoms with Crippen molar-refractivity contribution in [2.75, 3.05) is 6.61 Å². The molecule has 0 bridgehead atoms. The number of rotatable bonds is 3. The van der Waals surface area contributed by atoms with Gasteiger partial charge in [0.05, 0.1) is 0 Å². The van der Waals surface area contributed by atoms with Crippen LogP contribution >= 0.6 is 0 Å². The van der Waals surface area contributed by atoms with Crippen LogP contribution in [0.15, 0.2) is 4.52 Å². The van der Waals surface area contributed by atoms with Gasteiger partial charge >= 0.3 is 5.97 Å². The van der Waals surface area contributed by atoms with E-state index < -0.39 is 11.6 Å². The molecule has 2 heterocycles. The fourth-order valence-corrected chi connectivity index (χ4v) is 1.63. The van der Waals surface area contributed by atoms with E-state index in [-0.39, 0.29) is 12.3 Å². The Kier molecular flexibility index (Phi) is 2.44. The third-order valence-electron chi connectivity index (χ3n) is 2.46. The van der Waals surface area contributed by atoms with Gasteiger partial charge in [-0.3, -0.25) is 4.79 Å². The summed E-state index contributed by atoms with van der Waals surface area (Å²) in [6.45, 7) is 2.56. The summed E-state index contributed by atoms with van der Waals surface area (Å²) in [7, 11) is 0. The molecule has 0 aromatic carbocycles. The van der Waals surface area contributed by atoms with E-state index in [1.807, 2.05) is 6.92 Å². The average molecular weight is 212 g/mol. The lowest BCUT2D eigenvalue weighted by atomic mass is 10.0. The molecule has 2 rings (SSSR count). The first kappa shape index (κ1) is 10.1. The average Bonchev–Trinajstić information content (AvgIpc) is 2.74. The lowest BCUT2D eigenvalue weighted by molar-refractivity contribution is -0.136. The quantitative estimate of drug-likeness (QED) is 0.794. The van der Waals surface area contributed by atoms with E-state index in [0.29, 0.717) is 12.4 Å². The number of aromatic nitrogens is 2. The van der Waals surface area contributed by atoms with Gasteiger partial charge in [-0.25, -0.2) is 0 Å². The molecule has 82 valence electrons. The highest BCUT2D eigenvalue weighted by Crippen LogP contribution is 2.33. The van der Waals surface area contributed by atoms with Crippen molar-refractivity contribution in [1.82, 2.24) is 10.1 Å². The topological polar surface area (TPSA) is 85.5 Å². The maximum absolute atomic E-state index is 10.4. The number of carboxylic acid groups (broad SMARTS) is 1. The molecule has 1 aromatic heterocycles. The van der Waals surface area contributed by atoms with E-state index in [9.17, 15) is 4.79 Å². The van der Waals surface area contributed by atoms with Gasteiger partial charge in [-0.05, 0) is 19.8 Å². The number of hydrogen-bond donors (Lipinski definition) is 1. The summed E-state index contributed by atoms with van der Waals surface area (Å²) in [6, 6.07) is 0. The Morgan fingerprint density at radius 3 is 3.07 bits per heavy atom. The lowest BCUT2D eigenvalue weighted by Crippen LogP contribution is -2.21. The molecule has 0 aliphatic carbocycles. The third kappa shape index (κ3) is 1.99. The summed E-state index contributed by atoms with van der Waals surface area (Å²) < 4.78 is 10.3. The van der Waals surface area contributed by atoms with E-state index in [4.69, 9.17) is 14.4 Å². The van der Waals surface area contributed by atoms with Crippen LogP contribution < -0.4 is 0 Å². The zero-order valence-electron chi connectivity index (χ0n) is 8.39. The van der Waals surface area contributed by atoms with Crippen molar-refractivity contribution in [1.29, 1.82) is 0 Å². The highest BCUT2D eigenvalue weighted by atomic mass is 16.5. The van der Waals surface area contributed by atoms with Crippen molar-refractivity contribution in [3.63, 3.8) is 0 Å². The first-order chi connectivity index (χ1) is 7.10. The summed E-state index contributed by atoms with van der Waals surface area (Å²) in [6.07, 6.45) is 1.54. The number of carbonyl (C=O) groups is 1. The Morgan fingerprint density at radius 2 is 2.47 bits per heavy atom. The Labute approximate surface area is 86.2 Å². The SMILES string of the molecule is CC1(c2noc(CC(=O)O)n2)CCCO1. The first-order valence-electron chi connectivity index (χ1n) is 4.79. The molecular weight excluding hydrogens is 200 g/mol. The van der Waals surface area contributed by atoms with Crippen LogP contribution in [0.3, 0.4) is 0 Å². The lowest BCUT2D eigenvalue weighted by Gasteiger charge is -2.17. The summed E-state index contributed by atoms with van der Waals surface area (Å²) >= 11 is 0. The van der Waals surface area contributed by atoms with Gasteiger partial charge in [0.1, 0.15) is 12.0 Å². The van der Waals surface area contributed by atoms with Crippen molar-refractivity contribution in [2.45, 2.75) is 31.8 Å². The van der Waals surface area contributed by atoms with Crippen LogP contribution in [0.2, 0.25) is 0 Å². The minimum Gasteiger partial charge on any atom is -0.481 e. The Balaban J connectivity index is 2.15. The van der Waals surface area contributed by atoms with Crippen LogP contribution in [-0.2, 0) is 21.6 Å². The molecule has 1 N–H and O–H groups in total. The summed E-state index contributed by atoms with van der Waals surface area (Å²) in [5.74, 6) is -0.423. The predicted octanol–water partition coefficient (Wildman–Crippen LogP) is 0.722. The molecule has 1 atom stereocenters. The number of hydrogen-bond acceptors (Lipinski definition) is 5. The van der Waals surface area contributed by atoms with E-state index in [0.717, 1.165) is 12.8 Å². The first-order valence-corrected chi connectivity index (χ1v) is 4.79. The molecule has 1 aliphatic heterocycles. The molecule has 1 saturated heterocycles. The largest absolute Gasteiger partial charge is 0.481 e. The molecule has 0 spiro atoms. The standard InChI is InChI=1S/C9H12N2O4/c1-9(3-2-4-14-9)8-10-6(15-11-8)5-7(12)13/h2-5H2,1H3,(H,12,13). The molecular formula is C9H12N2O4. The van der Waals surface area contributed by atoms with Crippen molar-refractivity contribution in [2.24, 2.45) is 0 Å². The van der Waals surface area contributed by atoms with Crippen LogP contribution in [0, 0.1) is 0 Å². The van der Waals surface area contributed by atoms with Crippen molar-refractivity contribution >= 4 is 5.97 Å². The Bertz CT molecular complexity index is 368. The van der Waals surface area contributed by atoms with Gasteiger partial charge in [0.15, 0.2) is 0 Å². The molecule has 1 fully saturated rings. The molecule has 6 heteroatoms. The number of nitrogens with zero attached hydrogens (tertiary/aromatic N) is 2. The number of ether oxygens (including phenoxy) is 1. The van der Waals surface area contributed by atoms with E-state index in [1.165, 1.54) is 0 Å². The minimum atomic E-state index is -0.984. The van der Waals surface area contributed by atoms with E-state index in [1.54, 1.807) is 0 Å². The smallest absolute Gasteiger partial charge is 0.312 e. The molecule has 15 heavy (non-hydrogen) atoms. The van der Waals surface area contributed by atoms with Gasteiger partial charge in [0.25, 0.3) is 0 Å². The zero-order chi connectivity index (χ0) is 10.9. The number of aliphatic carboxylic acids is 1. The maximum Gasteiger partial charge on any atom is 0.312 e. The summed E-state index contributed by atoms with van der Waals surface area (Å²) in [5.41, 5.74) is -0.514. The predicted molar refractivity (Wildman–Crippen MR) is 48.2 cm³/mol. The molecule has 6 nitrogen and oxygen atoms in total. The molecule has 0 radical (unpaired) electrons. The van der Waals surface area contributed by atoms with Gasteiger partial charge in [-0.2, -0.15) is 4.98 Å². The Morgan fingerprint density at radius 1 is 1.67 bits per heavy atom. The second-order valence-electron chi connectivity index (χ2n) is 3.77. The van der Waals surface area contributed by atoms with Gasteiger partial charge in [0, 0.05) is 6.61 Å². The number of carboxylic acids is 1. The molecule has 0 amide bonds. The third-order valence-corrected chi connectivity index (χ3v) is 2.46. The van der Waals surface area contributed by atoms with Crippen LogP contribution in [0.25, 0.3) is 0 Å². The molecule has 1 aliphatic rings. The van der Waals surface area contributed by atoms with Gasteiger partial charge in [-0.15, -0.1) is 0 Å². The van der Waals surface area contributed by atoms with Crippen molar-refractivity contribution < 1.29 is 19.2 Å². The Hall–Kier alpha value is -1.43. The van der Waals surface area contributed by atoms with Gasteiger partial charge in [0.2, 0.25) is 11.7 Å². The van der Waals surface area contributed by atoms with Crippen LogP contribution in [-0.4, -0.2) is 27.8 Å². The normalized spacial score (nSPS) is 25.7. The maximum atomic E-state index is 10.4. The molecule has 1 aromatic rings. The van der Waals surface area contributed by atoms with Crippen molar-refractivity contribution in [3.8, 4) is 0 Å². The second-order valence-corrected chi connectivity index (χ2v) is 3.77. The monoisotopic (exact) mass is 212 g/mol. The molecule has 0 saturated carbocycles. The second kappa shape index (κ2) is 3.62. The highest BCUT2D eigenvalue weighted by Gasteiger charge is 2.36. The van der Waals surface area contributed by atoms with Crippen LogP contribution in [0.4, 0.5) is 0 Å². The molecule has 1 unspecified atom stereocenters. The minimum absolute atomic E-state index is 0.120. The fourth-order valence-electron chi connectivity index (χ4n) is 1.63. The van der Waals surface area contributed by atoms with Gasteiger partial charge < -0.3 is 14.4 Å². The van der Waals surface area contributed by atoms with Gasteiger partial charge in [-0.1, -0.05) is 5.16 Å². The zero-order valence-corrected chi connectivity index (χ0v) is 8.39.